The lowest BCUT2D eigenvalue weighted by Crippen LogP contribution is -2.54. The van der Waals surface area contributed by atoms with Gasteiger partial charge in [-0.2, -0.15) is 0 Å². The standard InChI is InChI=1S/C16H33NO3S/c1-6-11-17-15(16(3,4)20-7-2)13-9-8-10-14(12-13)21(5,18)19/h13-15,17H,6-12H2,1-5H3. The smallest absolute Gasteiger partial charge is 0.150 e. The van der Waals surface area contributed by atoms with E-state index in [1.807, 2.05) is 6.92 Å². The van der Waals surface area contributed by atoms with Gasteiger partial charge < -0.3 is 10.1 Å². The Bertz CT molecular complexity index is 406. The molecule has 3 atom stereocenters. The number of ether oxygens (including phenoxy) is 1. The van der Waals surface area contributed by atoms with Gasteiger partial charge in [0, 0.05) is 18.9 Å². The zero-order valence-corrected chi connectivity index (χ0v) is 15.1. The van der Waals surface area contributed by atoms with E-state index in [9.17, 15) is 8.42 Å². The van der Waals surface area contributed by atoms with Gasteiger partial charge in [-0.15, -0.1) is 0 Å². The summed E-state index contributed by atoms with van der Waals surface area (Å²) in [6.45, 7) is 10.0. The molecule has 3 unspecified atom stereocenters. The Balaban J connectivity index is 2.87. The lowest BCUT2D eigenvalue weighted by molar-refractivity contribution is -0.0568. The van der Waals surface area contributed by atoms with Crippen LogP contribution in [-0.4, -0.2) is 44.7 Å². The van der Waals surface area contributed by atoms with E-state index in [2.05, 4.69) is 26.1 Å². The zero-order valence-electron chi connectivity index (χ0n) is 14.3. The Morgan fingerprint density at radius 3 is 2.48 bits per heavy atom. The van der Waals surface area contributed by atoms with E-state index in [1.165, 1.54) is 6.26 Å². The van der Waals surface area contributed by atoms with Gasteiger partial charge in [-0.1, -0.05) is 13.3 Å². The molecule has 0 aliphatic heterocycles. The highest BCUT2D eigenvalue weighted by atomic mass is 32.2. The summed E-state index contributed by atoms with van der Waals surface area (Å²) in [7, 11) is -2.94. The molecule has 0 aromatic heterocycles. The first-order chi connectivity index (χ1) is 9.72. The van der Waals surface area contributed by atoms with E-state index in [1.54, 1.807) is 0 Å². The van der Waals surface area contributed by atoms with E-state index < -0.39 is 9.84 Å². The first-order valence-corrected chi connectivity index (χ1v) is 10.2. The Morgan fingerprint density at radius 2 is 1.95 bits per heavy atom. The molecule has 0 bridgehead atoms. The molecule has 0 spiro atoms. The summed E-state index contributed by atoms with van der Waals surface area (Å²) in [5.41, 5.74) is -0.270. The monoisotopic (exact) mass is 319 g/mol. The van der Waals surface area contributed by atoms with Crippen molar-refractivity contribution >= 4 is 9.84 Å². The highest BCUT2D eigenvalue weighted by molar-refractivity contribution is 7.91. The van der Waals surface area contributed by atoms with E-state index in [0.29, 0.717) is 12.5 Å². The molecule has 0 aromatic carbocycles. The molecule has 5 heteroatoms. The minimum atomic E-state index is -2.94. The second kappa shape index (κ2) is 7.93. The van der Waals surface area contributed by atoms with Gasteiger partial charge in [-0.25, -0.2) is 8.42 Å². The molecule has 126 valence electrons. The largest absolute Gasteiger partial charge is 0.374 e. The molecule has 1 N–H and O–H groups in total. The number of sulfone groups is 1. The van der Waals surface area contributed by atoms with E-state index in [4.69, 9.17) is 4.74 Å². The third-order valence-corrected chi connectivity index (χ3v) is 6.26. The maximum absolute atomic E-state index is 11.9. The van der Waals surface area contributed by atoms with Crippen LogP contribution in [0.25, 0.3) is 0 Å². The summed E-state index contributed by atoms with van der Waals surface area (Å²) >= 11 is 0. The molecule has 4 nitrogen and oxygen atoms in total. The van der Waals surface area contributed by atoms with E-state index >= 15 is 0 Å². The average molecular weight is 320 g/mol. The van der Waals surface area contributed by atoms with Crippen LogP contribution in [0.2, 0.25) is 0 Å². The fourth-order valence-corrected chi connectivity index (χ4v) is 4.81. The fourth-order valence-electron chi connectivity index (χ4n) is 3.61. The summed E-state index contributed by atoms with van der Waals surface area (Å²) < 4.78 is 29.7. The molecule has 1 saturated carbocycles. The molecule has 0 aromatic rings. The van der Waals surface area contributed by atoms with Crippen molar-refractivity contribution in [3.05, 3.63) is 0 Å². The van der Waals surface area contributed by atoms with Crippen molar-refractivity contribution in [3.8, 4) is 0 Å². The topological polar surface area (TPSA) is 55.4 Å². The molecular weight excluding hydrogens is 286 g/mol. The van der Waals surface area contributed by atoms with Crippen LogP contribution in [-0.2, 0) is 14.6 Å². The predicted molar refractivity (Wildman–Crippen MR) is 88.4 cm³/mol. The van der Waals surface area contributed by atoms with Crippen LogP contribution < -0.4 is 5.32 Å². The van der Waals surface area contributed by atoms with Crippen LogP contribution in [0, 0.1) is 5.92 Å². The van der Waals surface area contributed by atoms with Crippen LogP contribution in [0.5, 0.6) is 0 Å². The van der Waals surface area contributed by atoms with Crippen LogP contribution >= 0.6 is 0 Å². The summed E-state index contributed by atoms with van der Waals surface area (Å²) in [5, 5.41) is 3.44. The number of rotatable bonds is 8. The lowest BCUT2D eigenvalue weighted by Gasteiger charge is -2.43. The minimum Gasteiger partial charge on any atom is -0.374 e. The maximum Gasteiger partial charge on any atom is 0.150 e. The number of nitrogens with one attached hydrogen (secondary N) is 1. The fraction of sp³-hybridized carbons (Fsp3) is 1.00. The molecule has 1 rings (SSSR count). The van der Waals surface area contributed by atoms with Crippen molar-refractivity contribution in [2.24, 2.45) is 5.92 Å². The quantitative estimate of drug-likeness (QED) is 0.747. The molecule has 1 aliphatic carbocycles. The molecule has 1 aliphatic rings. The Labute approximate surface area is 130 Å². The van der Waals surface area contributed by atoms with Gasteiger partial charge in [-0.3, -0.25) is 0 Å². The Hall–Kier alpha value is -0.130. The molecule has 0 saturated heterocycles. The Kier molecular flexibility index (Phi) is 7.14. The van der Waals surface area contributed by atoms with Crippen molar-refractivity contribution in [3.63, 3.8) is 0 Å². The van der Waals surface area contributed by atoms with Crippen molar-refractivity contribution in [1.29, 1.82) is 0 Å². The van der Waals surface area contributed by atoms with Gasteiger partial charge in [-0.05, 0) is 58.9 Å². The molecule has 0 radical (unpaired) electrons. The van der Waals surface area contributed by atoms with Crippen LogP contribution in [0.4, 0.5) is 0 Å². The highest BCUT2D eigenvalue weighted by Gasteiger charge is 2.40. The molecule has 21 heavy (non-hydrogen) atoms. The summed E-state index contributed by atoms with van der Waals surface area (Å²) in [6, 6.07) is 0.210. The van der Waals surface area contributed by atoms with Crippen LogP contribution in [0.3, 0.4) is 0 Å². The van der Waals surface area contributed by atoms with Gasteiger partial charge in [0.1, 0.15) is 9.84 Å². The van der Waals surface area contributed by atoms with Crippen molar-refractivity contribution in [2.75, 3.05) is 19.4 Å². The second-order valence-corrected chi connectivity index (χ2v) is 9.17. The summed E-state index contributed by atoms with van der Waals surface area (Å²) in [6.07, 6.45) is 6.10. The van der Waals surface area contributed by atoms with Crippen molar-refractivity contribution in [2.45, 2.75) is 76.7 Å². The van der Waals surface area contributed by atoms with Crippen LogP contribution in [0.1, 0.15) is 59.8 Å². The van der Waals surface area contributed by atoms with Crippen LogP contribution in [0.15, 0.2) is 0 Å². The average Bonchev–Trinajstić information content (AvgIpc) is 2.38. The van der Waals surface area contributed by atoms with Crippen molar-refractivity contribution in [1.82, 2.24) is 5.32 Å². The van der Waals surface area contributed by atoms with Gasteiger partial charge in [0.25, 0.3) is 0 Å². The maximum atomic E-state index is 11.9. The first-order valence-electron chi connectivity index (χ1n) is 8.28. The van der Waals surface area contributed by atoms with Crippen molar-refractivity contribution < 1.29 is 13.2 Å². The van der Waals surface area contributed by atoms with Gasteiger partial charge >= 0.3 is 0 Å². The first kappa shape index (κ1) is 18.9. The van der Waals surface area contributed by atoms with Gasteiger partial charge in [0.15, 0.2) is 0 Å². The molecule has 0 amide bonds. The molecule has 0 heterocycles. The lowest BCUT2D eigenvalue weighted by atomic mass is 9.77. The third-order valence-electron chi connectivity index (χ3n) is 4.62. The second-order valence-electron chi connectivity index (χ2n) is 6.85. The third kappa shape index (κ3) is 5.53. The Morgan fingerprint density at radius 1 is 1.29 bits per heavy atom. The minimum absolute atomic E-state index is 0.181. The number of hydrogen-bond donors (Lipinski definition) is 1. The molecule has 1 fully saturated rings. The zero-order chi connectivity index (χ0) is 16.1. The normalized spacial score (nSPS) is 25.8. The van der Waals surface area contributed by atoms with E-state index in [-0.39, 0.29) is 16.9 Å². The summed E-state index contributed by atoms with van der Waals surface area (Å²) in [4.78, 5) is 0. The SMILES string of the molecule is CCCNC(C1CCCC(S(C)(=O)=O)C1)C(C)(C)OCC. The molecular formula is C16H33NO3S. The summed E-state index contributed by atoms with van der Waals surface area (Å²) in [5.74, 6) is 0.367. The van der Waals surface area contributed by atoms with E-state index in [0.717, 1.165) is 38.6 Å². The predicted octanol–water partition coefficient (Wildman–Crippen LogP) is 2.77. The highest BCUT2D eigenvalue weighted by Crippen LogP contribution is 2.35. The van der Waals surface area contributed by atoms with Gasteiger partial charge in [0.05, 0.1) is 10.9 Å². The number of hydrogen-bond acceptors (Lipinski definition) is 4. The van der Waals surface area contributed by atoms with Gasteiger partial charge in [0.2, 0.25) is 0 Å².